The third-order valence-electron chi connectivity index (χ3n) is 1.75. The van der Waals surface area contributed by atoms with Gasteiger partial charge in [0, 0.05) is 11.9 Å². The molecule has 1 aromatic carbocycles. The molecule has 0 unspecified atom stereocenters. The van der Waals surface area contributed by atoms with Gasteiger partial charge < -0.3 is 4.74 Å². The van der Waals surface area contributed by atoms with Crippen molar-refractivity contribution >= 4 is 52.4 Å². The fourth-order valence-corrected chi connectivity index (χ4v) is 1.76. The molecule has 0 saturated heterocycles. The quantitative estimate of drug-likeness (QED) is 0.601. The van der Waals surface area contributed by atoms with Gasteiger partial charge in [-0.2, -0.15) is 0 Å². The Morgan fingerprint density at radius 1 is 1.25 bits per heavy atom. The first-order valence-electron chi connectivity index (χ1n) is 4.30. The van der Waals surface area contributed by atoms with Crippen molar-refractivity contribution in [1.29, 1.82) is 0 Å². The lowest BCUT2D eigenvalue weighted by atomic mass is 10.1. The van der Waals surface area contributed by atoms with Gasteiger partial charge in [-0.05, 0) is 17.7 Å². The monoisotopic (exact) mass is 300 g/mol. The lowest BCUT2D eigenvalue weighted by Crippen LogP contribution is -2.22. The minimum Gasteiger partial charge on any atom is -0.453 e. The third-order valence-corrected chi connectivity index (χ3v) is 2.60. The molecule has 0 saturated carbocycles. The molecule has 0 spiro atoms. The molecule has 88 valence electrons. The molecule has 16 heavy (non-hydrogen) atoms. The molecular weight excluding hydrogens is 294 g/mol. The number of hydrogen-bond donors (Lipinski definition) is 0. The fraction of sp³-hybridized carbons (Fsp3) is 0.300. The Kier molecular flexibility index (Phi) is 4.74. The molecule has 0 amide bonds. The van der Waals surface area contributed by atoms with Crippen LogP contribution in [0.2, 0.25) is 5.02 Å². The smallest absolute Gasteiger partial charge is 0.303 e. The topological polar surface area (TPSA) is 26.3 Å². The van der Waals surface area contributed by atoms with Crippen molar-refractivity contribution in [3.63, 3.8) is 0 Å². The summed E-state index contributed by atoms with van der Waals surface area (Å²) < 4.78 is 3.24. The average Bonchev–Trinajstić information content (AvgIpc) is 2.14. The number of halogens is 4. The van der Waals surface area contributed by atoms with E-state index in [1.54, 1.807) is 24.3 Å². The van der Waals surface area contributed by atoms with Crippen LogP contribution in [0.4, 0.5) is 0 Å². The molecule has 0 N–H and O–H groups in total. The van der Waals surface area contributed by atoms with Crippen LogP contribution in [0.15, 0.2) is 24.3 Å². The molecule has 0 aromatic heterocycles. The minimum absolute atomic E-state index is 0.522. The van der Waals surface area contributed by atoms with Crippen LogP contribution < -0.4 is 0 Å². The van der Waals surface area contributed by atoms with Gasteiger partial charge in [-0.15, -0.1) is 0 Å². The van der Waals surface area contributed by atoms with Crippen LogP contribution in [0.1, 0.15) is 18.6 Å². The van der Waals surface area contributed by atoms with E-state index in [1.807, 2.05) is 0 Å². The zero-order valence-electron chi connectivity index (χ0n) is 8.22. The maximum Gasteiger partial charge on any atom is 0.303 e. The number of ether oxygens (including phenoxy) is 1. The Labute approximate surface area is 113 Å². The third kappa shape index (κ3) is 4.02. The normalized spacial score (nSPS) is 13.3. The molecule has 0 aliphatic carbocycles. The summed E-state index contributed by atoms with van der Waals surface area (Å²) in [5, 5.41) is 0.551. The fourth-order valence-electron chi connectivity index (χ4n) is 1.13. The SMILES string of the molecule is CC(=O)O[C@H](c1ccc(Cl)cc1)C(Cl)(Cl)Cl. The highest BCUT2D eigenvalue weighted by atomic mass is 35.6. The summed E-state index contributed by atoms with van der Waals surface area (Å²) in [6.45, 7) is 1.25. The zero-order valence-corrected chi connectivity index (χ0v) is 11.2. The van der Waals surface area contributed by atoms with Gasteiger partial charge in [0.2, 0.25) is 3.79 Å². The van der Waals surface area contributed by atoms with Gasteiger partial charge in [-0.25, -0.2) is 0 Å². The van der Waals surface area contributed by atoms with Gasteiger partial charge in [0.05, 0.1) is 0 Å². The van der Waals surface area contributed by atoms with Crippen molar-refractivity contribution in [3.8, 4) is 0 Å². The predicted molar refractivity (Wildman–Crippen MR) is 66.2 cm³/mol. The Bertz CT molecular complexity index is 369. The second kappa shape index (κ2) is 5.46. The summed E-state index contributed by atoms with van der Waals surface area (Å²) >= 11 is 22.9. The lowest BCUT2D eigenvalue weighted by Gasteiger charge is -2.24. The molecule has 2 nitrogen and oxygen atoms in total. The van der Waals surface area contributed by atoms with E-state index in [9.17, 15) is 4.79 Å². The van der Waals surface area contributed by atoms with E-state index >= 15 is 0 Å². The molecule has 1 atom stereocenters. The summed E-state index contributed by atoms with van der Waals surface area (Å²) in [4.78, 5) is 10.9. The molecule has 0 aliphatic rings. The number of rotatable bonds is 2. The average molecular weight is 302 g/mol. The maximum absolute atomic E-state index is 10.9. The van der Waals surface area contributed by atoms with E-state index in [0.717, 1.165) is 0 Å². The molecule has 6 heteroatoms. The molecule has 1 rings (SSSR count). The second-order valence-corrected chi connectivity index (χ2v) is 5.89. The lowest BCUT2D eigenvalue weighted by molar-refractivity contribution is -0.146. The summed E-state index contributed by atoms with van der Waals surface area (Å²) in [5.41, 5.74) is 0.569. The number of alkyl halides is 3. The van der Waals surface area contributed by atoms with Crippen LogP contribution >= 0.6 is 46.4 Å². The zero-order chi connectivity index (χ0) is 12.3. The van der Waals surface area contributed by atoms with Crippen LogP contribution in [0.25, 0.3) is 0 Å². The van der Waals surface area contributed by atoms with Crippen LogP contribution in [0, 0.1) is 0 Å². The number of hydrogen-bond acceptors (Lipinski definition) is 2. The molecule has 0 aliphatic heterocycles. The van der Waals surface area contributed by atoms with E-state index in [2.05, 4.69) is 0 Å². The summed E-state index contributed by atoms with van der Waals surface area (Å²) in [5.74, 6) is -0.522. The van der Waals surface area contributed by atoms with E-state index in [-0.39, 0.29) is 0 Å². The highest BCUT2D eigenvalue weighted by Gasteiger charge is 2.36. The van der Waals surface area contributed by atoms with Gasteiger partial charge in [0.25, 0.3) is 0 Å². The molecule has 0 heterocycles. The Balaban J connectivity index is 3.01. The molecule has 0 bridgehead atoms. The van der Waals surface area contributed by atoms with Crippen molar-refractivity contribution < 1.29 is 9.53 Å². The van der Waals surface area contributed by atoms with E-state index < -0.39 is 15.9 Å². The predicted octanol–water partition coefficient (Wildman–Crippen LogP) is 4.31. The van der Waals surface area contributed by atoms with Crippen molar-refractivity contribution in [3.05, 3.63) is 34.9 Å². The summed E-state index contributed by atoms with van der Waals surface area (Å²) in [6, 6.07) is 6.53. The Morgan fingerprint density at radius 3 is 2.12 bits per heavy atom. The van der Waals surface area contributed by atoms with Crippen molar-refractivity contribution in [2.24, 2.45) is 0 Å². The number of carbonyl (C=O) groups is 1. The van der Waals surface area contributed by atoms with Crippen LogP contribution in [0.3, 0.4) is 0 Å². The first kappa shape index (κ1) is 13.9. The Hall–Kier alpha value is -0.150. The van der Waals surface area contributed by atoms with Crippen molar-refractivity contribution in [1.82, 2.24) is 0 Å². The van der Waals surface area contributed by atoms with Crippen molar-refractivity contribution in [2.75, 3.05) is 0 Å². The number of esters is 1. The summed E-state index contributed by atoms with van der Waals surface area (Å²) in [7, 11) is 0. The van der Waals surface area contributed by atoms with Crippen LogP contribution in [0.5, 0.6) is 0 Å². The van der Waals surface area contributed by atoms with Gasteiger partial charge in [-0.3, -0.25) is 4.79 Å². The van der Waals surface area contributed by atoms with E-state index in [1.165, 1.54) is 6.92 Å². The highest BCUT2D eigenvalue weighted by Crippen LogP contribution is 2.42. The molecule has 0 fully saturated rings. The van der Waals surface area contributed by atoms with Gasteiger partial charge in [-0.1, -0.05) is 58.5 Å². The maximum atomic E-state index is 10.9. The molecular formula is C10H8Cl4O2. The van der Waals surface area contributed by atoms with Gasteiger partial charge in [0.1, 0.15) is 0 Å². The van der Waals surface area contributed by atoms with E-state index in [4.69, 9.17) is 51.1 Å². The summed E-state index contributed by atoms with van der Waals surface area (Å²) in [6.07, 6.45) is -0.952. The minimum atomic E-state index is -1.72. The first-order valence-corrected chi connectivity index (χ1v) is 5.81. The van der Waals surface area contributed by atoms with Crippen LogP contribution in [-0.2, 0) is 9.53 Å². The highest BCUT2D eigenvalue weighted by molar-refractivity contribution is 6.68. The van der Waals surface area contributed by atoms with Gasteiger partial charge >= 0.3 is 5.97 Å². The number of carbonyl (C=O) groups excluding carboxylic acids is 1. The standard InChI is InChI=1S/C10H8Cl4O2/c1-6(15)16-9(10(12,13)14)7-2-4-8(11)5-3-7/h2-5,9H,1H3/t9-/m1/s1. The van der Waals surface area contributed by atoms with Gasteiger partial charge in [0.15, 0.2) is 6.10 Å². The van der Waals surface area contributed by atoms with Crippen molar-refractivity contribution in [2.45, 2.75) is 16.8 Å². The first-order chi connectivity index (χ1) is 7.30. The van der Waals surface area contributed by atoms with Crippen LogP contribution in [-0.4, -0.2) is 9.76 Å². The molecule has 1 aromatic rings. The van der Waals surface area contributed by atoms with E-state index in [0.29, 0.717) is 10.6 Å². The largest absolute Gasteiger partial charge is 0.453 e. The second-order valence-electron chi connectivity index (χ2n) is 3.08. The number of benzene rings is 1. The molecule has 0 radical (unpaired) electrons. The Morgan fingerprint density at radius 2 is 1.75 bits per heavy atom.